The molecule has 0 fully saturated rings. The lowest BCUT2D eigenvalue weighted by molar-refractivity contribution is -0.174. The van der Waals surface area contributed by atoms with Crippen molar-refractivity contribution in [3.63, 3.8) is 0 Å². The Morgan fingerprint density at radius 2 is 1.75 bits per heavy atom. The number of alkyl halides is 3. The second-order valence-corrected chi connectivity index (χ2v) is 9.16. The Balaban J connectivity index is 1.88. The summed E-state index contributed by atoms with van der Waals surface area (Å²) in [4.78, 5) is 12.6. The first kappa shape index (κ1) is 27.1. The lowest BCUT2D eigenvalue weighted by Gasteiger charge is -2.27. The van der Waals surface area contributed by atoms with Crippen molar-refractivity contribution in [2.45, 2.75) is 37.1 Å². The average molecular weight is 520 g/mol. The Morgan fingerprint density at radius 1 is 1.08 bits per heavy atom. The van der Waals surface area contributed by atoms with E-state index < -0.39 is 24.2 Å². The molecule has 3 N–H and O–H groups in total. The van der Waals surface area contributed by atoms with Crippen molar-refractivity contribution in [2.24, 2.45) is 0 Å². The van der Waals surface area contributed by atoms with Crippen molar-refractivity contribution >= 4 is 35.3 Å². The topological polar surface area (TPSA) is 74.2 Å². The summed E-state index contributed by atoms with van der Waals surface area (Å²) in [5.74, 6) is -1.28. The number of hydrogen-bond donors (Lipinski definition) is 3. The summed E-state index contributed by atoms with van der Waals surface area (Å²) in [6.45, 7) is 3.44. The van der Waals surface area contributed by atoms with Crippen molar-refractivity contribution in [3.8, 4) is 5.75 Å². The Bertz CT molecular complexity index is 1190. The normalized spacial score (nSPS) is 12.9. The summed E-state index contributed by atoms with van der Waals surface area (Å²) in [6.07, 6.45) is -4.87. The molecule has 0 aromatic heterocycles. The molecule has 0 aliphatic carbocycles. The third-order valence-corrected chi connectivity index (χ3v) is 6.05. The predicted octanol–water partition coefficient (Wildman–Crippen LogP) is 6.87. The van der Waals surface area contributed by atoms with Gasteiger partial charge in [-0.1, -0.05) is 19.1 Å². The first-order valence-electron chi connectivity index (χ1n) is 11.0. The van der Waals surface area contributed by atoms with E-state index >= 15 is 0 Å². The third kappa shape index (κ3) is 7.24. The van der Waals surface area contributed by atoms with E-state index in [1.807, 2.05) is 24.4 Å². The van der Waals surface area contributed by atoms with Crippen LogP contribution in [0.2, 0.25) is 0 Å². The van der Waals surface area contributed by atoms with E-state index in [9.17, 15) is 22.4 Å². The fourth-order valence-corrected chi connectivity index (χ4v) is 4.09. The summed E-state index contributed by atoms with van der Waals surface area (Å²) in [6, 6.07) is 16.7. The maximum absolute atomic E-state index is 13.2. The van der Waals surface area contributed by atoms with Gasteiger partial charge in [0.15, 0.2) is 0 Å². The van der Waals surface area contributed by atoms with Crippen LogP contribution in [-0.4, -0.2) is 30.1 Å². The minimum absolute atomic E-state index is 0.295. The highest BCUT2D eigenvalue weighted by atomic mass is 32.2. The lowest BCUT2D eigenvalue weighted by Crippen LogP contribution is -2.45. The highest BCUT2D eigenvalue weighted by Gasteiger charge is 2.40. The molecule has 3 rings (SSSR count). The molecule has 3 aromatic carbocycles. The van der Waals surface area contributed by atoms with Gasteiger partial charge in [-0.15, -0.1) is 11.8 Å². The molecule has 0 saturated carbocycles. The van der Waals surface area contributed by atoms with Gasteiger partial charge in [-0.25, -0.2) is 4.39 Å². The van der Waals surface area contributed by atoms with Gasteiger partial charge in [0.05, 0.1) is 6.04 Å². The number of ether oxygens (including phenoxy) is 1. The van der Waals surface area contributed by atoms with Crippen LogP contribution in [-0.2, 0) is 4.79 Å². The zero-order chi connectivity index (χ0) is 26.3. The molecule has 0 spiro atoms. The molecule has 36 heavy (non-hydrogen) atoms. The monoisotopic (exact) mass is 519 g/mol. The minimum atomic E-state index is -5.03. The molecule has 1 amide bonds. The third-order valence-electron chi connectivity index (χ3n) is 5.15. The van der Waals surface area contributed by atoms with E-state index in [-0.39, 0.29) is 5.82 Å². The number of thioether (sulfide) groups is 1. The molecule has 2 atom stereocenters. The first-order valence-corrected chi connectivity index (χ1v) is 12.0. The van der Waals surface area contributed by atoms with Gasteiger partial charge < -0.3 is 20.8 Å². The van der Waals surface area contributed by atoms with Crippen molar-refractivity contribution in [1.29, 1.82) is 5.41 Å². The standard InChI is InChI=1S/C26H25F4N3O2S/c1-3-36-22-11-4-17(5-12-22)24(16(2)32-25(34)26(28,29)30)35-21-10-13-23(18(14-21)15-31)33-20-8-6-19(27)7-9-20/h4-16,24,31,33H,3H2,1-2H3,(H,32,34)/t16-,24-/m0/s1. The number of amides is 1. The number of halogens is 4. The maximum atomic E-state index is 13.2. The van der Waals surface area contributed by atoms with Crippen molar-refractivity contribution in [1.82, 2.24) is 5.32 Å². The predicted molar refractivity (Wildman–Crippen MR) is 134 cm³/mol. The number of rotatable bonds is 10. The summed E-state index contributed by atoms with van der Waals surface area (Å²) < 4.78 is 57.9. The van der Waals surface area contributed by atoms with E-state index in [1.165, 1.54) is 19.1 Å². The molecular formula is C26H25F4N3O2S. The first-order chi connectivity index (χ1) is 17.1. The van der Waals surface area contributed by atoms with Gasteiger partial charge >= 0.3 is 12.1 Å². The molecule has 10 heteroatoms. The molecule has 5 nitrogen and oxygen atoms in total. The smallest absolute Gasteiger partial charge is 0.471 e. The highest BCUT2D eigenvalue weighted by molar-refractivity contribution is 7.99. The Labute approximate surface area is 210 Å². The van der Waals surface area contributed by atoms with Crippen LogP contribution in [0.3, 0.4) is 0 Å². The zero-order valence-corrected chi connectivity index (χ0v) is 20.3. The van der Waals surface area contributed by atoms with Gasteiger partial charge in [-0.2, -0.15) is 13.2 Å². The van der Waals surface area contributed by atoms with Gasteiger partial charge in [-0.05, 0) is 72.8 Å². The van der Waals surface area contributed by atoms with E-state index in [4.69, 9.17) is 10.1 Å². The zero-order valence-electron chi connectivity index (χ0n) is 19.5. The Kier molecular flexibility index (Phi) is 8.98. The fourth-order valence-electron chi connectivity index (χ4n) is 3.43. The summed E-state index contributed by atoms with van der Waals surface area (Å²) in [5.41, 5.74) is 2.19. The van der Waals surface area contributed by atoms with Gasteiger partial charge in [-0.3, -0.25) is 4.79 Å². The molecule has 190 valence electrons. The van der Waals surface area contributed by atoms with Crippen LogP contribution < -0.4 is 15.4 Å². The Morgan fingerprint density at radius 3 is 2.33 bits per heavy atom. The second-order valence-electron chi connectivity index (χ2n) is 7.83. The molecule has 0 unspecified atom stereocenters. The summed E-state index contributed by atoms with van der Waals surface area (Å²) >= 11 is 1.62. The number of carbonyl (C=O) groups excluding carboxylic acids is 1. The van der Waals surface area contributed by atoms with E-state index in [1.54, 1.807) is 54.2 Å². The molecule has 0 heterocycles. The molecule has 0 aliphatic heterocycles. The van der Waals surface area contributed by atoms with Crippen molar-refractivity contribution < 1.29 is 27.1 Å². The van der Waals surface area contributed by atoms with Gasteiger partial charge in [0.1, 0.15) is 17.7 Å². The number of benzene rings is 3. The van der Waals surface area contributed by atoms with Gasteiger partial charge in [0, 0.05) is 28.0 Å². The minimum Gasteiger partial charge on any atom is -0.484 e. The van der Waals surface area contributed by atoms with Gasteiger partial charge in [0.2, 0.25) is 0 Å². The van der Waals surface area contributed by atoms with E-state index in [2.05, 4.69) is 5.32 Å². The van der Waals surface area contributed by atoms with Crippen molar-refractivity contribution in [3.05, 3.63) is 83.7 Å². The quantitative estimate of drug-likeness (QED) is 0.155. The van der Waals surface area contributed by atoms with Crippen LogP contribution in [0.15, 0.2) is 71.6 Å². The highest BCUT2D eigenvalue weighted by Crippen LogP contribution is 2.31. The largest absolute Gasteiger partial charge is 0.484 e. The number of anilines is 2. The Hall–Kier alpha value is -3.53. The van der Waals surface area contributed by atoms with Crippen LogP contribution in [0.5, 0.6) is 5.75 Å². The molecule has 3 aromatic rings. The average Bonchev–Trinajstić information content (AvgIpc) is 2.84. The van der Waals surface area contributed by atoms with Crippen LogP contribution >= 0.6 is 11.8 Å². The van der Waals surface area contributed by atoms with Gasteiger partial charge in [0.25, 0.3) is 0 Å². The van der Waals surface area contributed by atoms with E-state index in [0.717, 1.165) is 16.9 Å². The van der Waals surface area contributed by atoms with Crippen LogP contribution in [0, 0.1) is 11.2 Å². The molecular weight excluding hydrogens is 494 g/mol. The molecule has 0 saturated heterocycles. The maximum Gasteiger partial charge on any atom is 0.471 e. The summed E-state index contributed by atoms with van der Waals surface area (Å²) in [7, 11) is 0. The fraction of sp³-hybridized carbons (Fsp3) is 0.231. The van der Waals surface area contributed by atoms with E-state index in [0.29, 0.717) is 28.3 Å². The van der Waals surface area contributed by atoms with Crippen LogP contribution in [0.1, 0.15) is 31.1 Å². The van der Waals surface area contributed by atoms with Crippen molar-refractivity contribution in [2.75, 3.05) is 11.1 Å². The van der Waals surface area contributed by atoms with Crippen LogP contribution in [0.4, 0.5) is 28.9 Å². The number of nitrogens with one attached hydrogen (secondary N) is 3. The van der Waals surface area contributed by atoms with Crippen LogP contribution in [0.25, 0.3) is 0 Å². The lowest BCUT2D eigenvalue weighted by atomic mass is 10.0. The number of carbonyl (C=O) groups is 1. The molecule has 0 aliphatic rings. The molecule has 0 radical (unpaired) electrons. The second kappa shape index (κ2) is 11.9. The summed E-state index contributed by atoms with van der Waals surface area (Å²) in [5, 5.41) is 12.8. The SMILES string of the molecule is CCSc1ccc([C@@H](Oc2ccc(Nc3ccc(F)cc3)c(C=N)c2)[C@H](C)NC(=O)C(F)(F)F)cc1. The molecule has 0 bridgehead atoms. The number of hydrogen-bond acceptors (Lipinski definition) is 5.